The Hall–Kier alpha value is 0.1000. The van der Waals surface area contributed by atoms with Crippen LogP contribution < -0.4 is 0 Å². The highest BCUT2D eigenvalue weighted by Gasteiger charge is 2.19. The first-order chi connectivity index (χ1) is 8.90. The molecule has 100 valence electrons. The van der Waals surface area contributed by atoms with Crippen molar-refractivity contribution in [1.29, 1.82) is 0 Å². The zero-order chi connectivity index (χ0) is 14.2. The van der Waals surface area contributed by atoms with E-state index in [1.54, 1.807) is 12.1 Å². The van der Waals surface area contributed by atoms with Crippen molar-refractivity contribution < 1.29 is 4.39 Å². The summed E-state index contributed by atoms with van der Waals surface area (Å²) in [5, 5.41) is -0.542. The second-order valence-corrected chi connectivity index (χ2v) is 7.21. The third kappa shape index (κ3) is 3.41. The average molecular weight is 471 g/mol. The molecule has 0 N–H and O–H groups in total. The van der Waals surface area contributed by atoms with E-state index in [0.29, 0.717) is 10.0 Å². The lowest BCUT2D eigenvalue weighted by Crippen LogP contribution is -1.99. The van der Waals surface area contributed by atoms with Gasteiger partial charge in [0.15, 0.2) is 0 Å². The Kier molecular flexibility index (Phi) is 5.09. The topological polar surface area (TPSA) is 0 Å². The molecule has 0 aliphatic heterocycles. The van der Waals surface area contributed by atoms with Crippen molar-refractivity contribution in [3.8, 4) is 0 Å². The molecule has 0 saturated heterocycles. The van der Waals surface area contributed by atoms with Gasteiger partial charge in [0.25, 0.3) is 0 Å². The molecule has 2 aromatic carbocycles. The predicted molar refractivity (Wildman–Crippen MR) is 88.4 cm³/mol. The summed E-state index contributed by atoms with van der Waals surface area (Å²) in [5.74, 6) is -0.321. The minimum atomic E-state index is -0.542. The zero-order valence-electron chi connectivity index (χ0n) is 9.85. The third-order valence-electron chi connectivity index (χ3n) is 2.79. The zero-order valence-corrected chi connectivity index (χ0v) is 15.4. The SMILES string of the molecule is Cc1cc(Br)c(C(Cl)c2ccc(Br)cc2F)cc1Br. The van der Waals surface area contributed by atoms with Crippen LogP contribution in [0.4, 0.5) is 4.39 Å². The molecule has 5 heteroatoms. The molecule has 1 unspecified atom stereocenters. The van der Waals surface area contributed by atoms with Crippen molar-refractivity contribution >= 4 is 59.4 Å². The molecule has 0 saturated carbocycles. The van der Waals surface area contributed by atoms with E-state index >= 15 is 0 Å². The molecule has 0 bridgehead atoms. The molecule has 0 nitrogen and oxygen atoms in total. The van der Waals surface area contributed by atoms with Gasteiger partial charge in [0, 0.05) is 19.0 Å². The van der Waals surface area contributed by atoms with Gasteiger partial charge in [-0.2, -0.15) is 0 Å². The normalized spacial score (nSPS) is 12.5. The van der Waals surface area contributed by atoms with Gasteiger partial charge < -0.3 is 0 Å². The molecule has 0 radical (unpaired) electrons. The van der Waals surface area contributed by atoms with Gasteiger partial charge in [0.05, 0.1) is 5.38 Å². The van der Waals surface area contributed by atoms with Crippen molar-refractivity contribution in [3.05, 3.63) is 66.3 Å². The Bertz CT molecular complexity index is 628. The quantitative estimate of drug-likeness (QED) is 0.425. The molecule has 2 aromatic rings. The first-order valence-electron chi connectivity index (χ1n) is 5.44. The van der Waals surface area contributed by atoms with Crippen molar-refractivity contribution in [2.24, 2.45) is 0 Å². The minimum Gasteiger partial charge on any atom is -0.207 e. The molecule has 0 aromatic heterocycles. The molecule has 0 heterocycles. The fourth-order valence-electron chi connectivity index (χ4n) is 1.73. The van der Waals surface area contributed by atoms with Crippen LogP contribution in [0.15, 0.2) is 43.7 Å². The molecular weight excluding hydrogens is 462 g/mol. The Morgan fingerprint density at radius 2 is 1.68 bits per heavy atom. The number of halogens is 5. The number of hydrogen-bond donors (Lipinski definition) is 0. The molecule has 19 heavy (non-hydrogen) atoms. The maximum atomic E-state index is 14.0. The van der Waals surface area contributed by atoms with Gasteiger partial charge in [-0.25, -0.2) is 4.39 Å². The Balaban J connectivity index is 2.49. The molecule has 0 aliphatic carbocycles. The van der Waals surface area contributed by atoms with Crippen molar-refractivity contribution in [2.75, 3.05) is 0 Å². The Morgan fingerprint density at radius 1 is 1.00 bits per heavy atom. The molecule has 2 rings (SSSR count). The highest BCUT2D eigenvalue weighted by Crippen LogP contribution is 2.38. The van der Waals surface area contributed by atoms with Crippen LogP contribution in [0.1, 0.15) is 22.1 Å². The molecule has 0 fully saturated rings. The molecular formula is C14H9Br3ClF. The lowest BCUT2D eigenvalue weighted by Gasteiger charge is -2.15. The van der Waals surface area contributed by atoms with Crippen LogP contribution in [0.25, 0.3) is 0 Å². The summed E-state index contributed by atoms with van der Waals surface area (Å²) in [7, 11) is 0. The van der Waals surface area contributed by atoms with Crippen LogP contribution >= 0.6 is 59.4 Å². The summed E-state index contributed by atoms with van der Waals surface area (Å²) in [6, 6.07) is 8.77. The monoisotopic (exact) mass is 468 g/mol. The molecule has 0 aliphatic rings. The van der Waals surface area contributed by atoms with E-state index in [4.69, 9.17) is 11.6 Å². The van der Waals surface area contributed by atoms with Gasteiger partial charge >= 0.3 is 0 Å². The Labute approximate surface area is 141 Å². The predicted octanol–water partition coefficient (Wildman–Crippen LogP) is 6.75. The molecule has 1 atom stereocenters. The van der Waals surface area contributed by atoms with E-state index in [1.165, 1.54) is 6.07 Å². The number of alkyl halides is 1. The van der Waals surface area contributed by atoms with E-state index in [0.717, 1.165) is 20.1 Å². The van der Waals surface area contributed by atoms with Crippen LogP contribution in [0.2, 0.25) is 0 Å². The van der Waals surface area contributed by atoms with Crippen LogP contribution in [0.5, 0.6) is 0 Å². The highest BCUT2D eigenvalue weighted by molar-refractivity contribution is 9.11. The minimum absolute atomic E-state index is 0.321. The Morgan fingerprint density at radius 3 is 2.32 bits per heavy atom. The van der Waals surface area contributed by atoms with Gasteiger partial charge in [-0.1, -0.05) is 53.9 Å². The lowest BCUT2D eigenvalue weighted by atomic mass is 10.0. The maximum Gasteiger partial charge on any atom is 0.129 e. The van der Waals surface area contributed by atoms with Gasteiger partial charge in [-0.05, 0) is 42.3 Å². The molecule has 0 amide bonds. The second-order valence-electron chi connectivity index (χ2n) is 4.15. The number of rotatable bonds is 2. The van der Waals surface area contributed by atoms with Crippen molar-refractivity contribution in [2.45, 2.75) is 12.3 Å². The van der Waals surface area contributed by atoms with Gasteiger partial charge in [-0.15, -0.1) is 11.6 Å². The fraction of sp³-hybridized carbons (Fsp3) is 0.143. The van der Waals surface area contributed by atoms with E-state index < -0.39 is 5.38 Å². The fourth-order valence-corrected chi connectivity index (χ4v) is 3.60. The summed E-state index contributed by atoms with van der Waals surface area (Å²) in [4.78, 5) is 0. The van der Waals surface area contributed by atoms with Crippen LogP contribution in [0, 0.1) is 12.7 Å². The van der Waals surface area contributed by atoms with E-state index in [-0.39, 0.29) is 5.82 Å². The van der Waals surface area contributed by atoms with Gasteiger partial charge in [0.1, 0.15) is 5.82 Å². The molecule has 0 spiro atoms. The van der Waals surface area contributed by atoms with Crippen molar-refractivity contribution in [1.82, 2.24) is 0 Å². The summed E-state index contributed by atoms with van der Waals surface area (Å²) < 4.78 is 16.5. The van der Waals surface area contributed by atoms with E-state index in [1.807, 2.05) is 19.1 Å². The van der Waals surface area contributed by atoms with E-state index in [9.17, 15) is 4.39 Å². The second kappa shape index (κ2) is 6.25. The van der Waals surface area contributed by atoms with Crippen LogP contribution in [0.3, 0.4) is 0 Å². The van der Waals surface area contributed by atoms with Crippen LogP contribution in [-0.4, -0.2) is 0 Å². The number of hydrogen-bond acceptors (Lipinski definition) is 0. The van der Waals surface area contributed by atoms with E-state index in [2.05, 4.69) is 47.8 Å². The summed E-state index contributed by atoms with van der Waals surface area (Å²) in [6.07, 6.45) is 0. The number of aryl methyl sites for hydroxylation is 1. The lowest BCUT2D eigenvalue weighted by molar-refractivity contribution is 0.611. The third-order valence-corrected chi connectivity index (χ3v) is 5.29. The van der Waals surface area contributed by atoms with Gasteiger partial charge in [-0.3, -0.25) is 0 Å². The average Bonchev–Trinajstić information content (AvgIpc) is 2.33. The standard InChI is InChI=1S/C14H9Br3ClF/c1-7-4-12(17)10(6-11(7)16)14(18)9-3-2-8(15)5-13(9)19/h2-6,14H,1H3. The van der Waals surface area contributed by atoms with Gasteiger partial charge in [0.2, 0.25) is 0 Å². The first kappa shape index (κ1) is 15.5. The summed E-state index contributed by atoms with van der Waals surface area (Å²) in [6.45, 7) is 1.99. The first-order valence-corrected chi connectivity index (χ1v) is 8.26. The summed E-state index contributed by atoms with van der Waals surface area (Å²) >= 11 is 16.6. The summed E-state index contributed by atoms with van der Waals surface area (Å²) in [5.41, 5.74) is 2.39. The maximum absolute atomic E-state index is 14.0. The van der Waals surface area contributed by atoms with Crippen LogP contribution in [-0.2, 0) is 0 Å². The largest absolute Gasteiger partial charge is 0.207 e. The smallest absolute Gasteiger partial charge is 0.129 e. The van der Waals surface area contributed by atoms with Crippen molar-refractivity contribution in [3.63, 3.8) is 0 Å². The highest BCUT2D eigenvalue weighted by atomic mass is 79.9. The number of benzene rings is 2.